The molecule has 1 aromatic heterocycles. The van der Waals surface area contributed by atoms with E-state index in [1.54, 1.807) is 0 Å². The predicted molar refractivity (Wildman–Crippen MR) is 79.2 cm³/mol. The minimum absolute atomic E-state index is 0.451. The molecular formula is C17H19NO3. The van der Waals surface area contributed by atoms with Crippen molar-refractivity contribution < 1.29 is 14.2 Å². The van der Waals surface area contributed by atoms with Gasteiger partial charge in [0, 0.05) is 31.2 Å². The molecule has 0 spiro atoms. The second kappa shape index (κ2) is 5.37. The normalized spacial score (nSPS) is 16.0. The summed E-state index contributed by atoms with van der Waals surface area (Å²) in [5.74, 6) is 1.04. The lowest BCUT2D eigenvalue weighted by molar-refractivity contribution is -0.181. The molecule has 0 atom stereocenters. The zero-order chi connectivity index (χ0) is 14.9. The highest BCUT2D eigenvalue weighted by atomic mass is 16.7. The van der Waals surface area contributed by atoms with E-state index in [-0.39, 0.29) is 0 Å². The zero-order valence-corrected chi connectivity index (χ0v) is 12.6. The SMILES string of the molecule is Cc1ncc(COc2ccccc2)c2c1OC(C)(C)OC2. The van der Waals surface area contributed by atoms with Crippen molar-refractivity contribution in [3.8, 4) is 11.5 Å². The number of rotatable bonds is 3. The van der Waals surface area contributed by atoms with Crippen molar-refractivity contribution in [1.29, 1.82) is 0 Å². The van der Waals surface area contributed by atoms with Crippen molar-refractivity contribution in [3.05, 3.63) is 53.3 Å². The Morgan fingerprint density at radius 3 is 2.76 bits per heavy atom. The molecule has 0 amide bonds. The maximum atomic E-state index is 5.90. The first kappa shape index (κ1) is 13.9. The monoisotopic (exact) mass is 285 g/mol. The molecule has 0 unspecified atom stereocenters. The van der Waals surface area contributed by atoms with Crippen LogP contribution >= 0.6 is 0 Å². The summed E-state index contributed by atoms with van der Waals surface area (Å²) in [7, 11) is 0. The van der Waals surface area contributed by atoms with Crippen molar-refractivity contribution in [2.24, 2.45) is 0 Å². The van der Waals surface area contributed by atoms with Gasteiger partial charge in [-0.2, -0.15) is 0 Å². The third kappa shape index (κ3) is 3.00. The van der Waals surface area contributed by atoms with Gasteiger partial charge < -0.3 is 14.2 Å². The van der Waals surface area contributed by atoms with Crippen LogP contribution < -0.4 is 9.47 Å². The molecule has 0 fully saturated rings. The summed E-state index contributed by atoms with van der Waals surface area (Å²) >= 11 is 0. The molecular weight excluding hydrogens is 266 g/mol. The first-order valence-corrected chi connectivity index (χ1v) is 7.03. The van der Waals surface area contributed by atoms with Crippen LogP contribution in [0.3, 0.4) is 0 Å². The Kier molecular flexibility index (Phi) is 3.55. The lowest BCUT2D eigenvalue weighted by atomic mass is 10.1. The Morgan fingerprint density at radius 2 is 2.00 bits per heavy atom. The van der Waals surface area contributed by atoms with Crippen molar-refractivity contribution in [3.63, 3.8) is 0 Å². The molecule has 3 rings (SSSR count). The molecule has 1 aliphatic heterocycles. The first-order valence-electron chi connectivity index (χ1n) is 7.03. The van der Waals surface area contributed by atoms with Crippen LogP contribution in [0.2, 0.25) is 0 Å². The van der Waals surface area contributed by atoms with Gasteiger partial charge in [0.05, 0.1) is 12.3 Å². The van der Waals surface area contributed by atoms with Crippen molar-refractivity contribution >= 4 is 0 Å². The fraction of sp³-hybridized carbons (Fsp3) is 0.353. The van der Waals surface area contributed by atoms with Crippen molar-refractivity contribution in [1.82, 2.24) is 4.98 Å². The summed E-state index contributed by atoms with van der Waals surface area (Å²) in [6.45, 7) is 6.72. The number of benzene rings is 1. The van der Waals surface area contributed by atoms with E-state index in [2.05, 4.69) is 4.98 Å². The fourth-order valence-corrected chi connectivity index (χ4v) is 2.29. The summed E-state index contributed by atoms with van der Waals surface area (Å²) in [6.07, 6.45) is 1.84. The van der Waals surface area contributed by atoms with Gasteiger partial charge in [-0.15, -0.1) is 0 Å². The highest BCUT2D eigenvalue weighted by Gasteiger charge is 2.30. The Balaban J connectivity index is 1.84. The van der Waals surface area contributed by atoms with Crippen molar-refractivity contribution in [2.75, 3.05) is 0 Å². The minimum atomic E-state index is -0.613. The van der Waals surface area contributed by atoms with E-state index >= 15 is 0 Å². The summed E-state index contributed by atoms with van der Waals surface area (Å²) in [4.78, 5) is 4.41. The van der Waals surface area contributed by atoms with E-state index in [9.17, 15) is 0 Å². The van der Waals surface area contributed by atoms with Gasteiger partial charge >= 0.3 is 0 Å². The van der Waals surface area contributed by atoms with E-state index in [1.807, 2.05) is 57.3 Å². The van der Waals surface area contributed by atoms with E-state index in [0.717, 1.165) is 28.3 Å². The quantitative estimate of drug-likeness (QED) is 0.863. The van der Waals surface area contributed by atoms with Crippen LogP contribution in [0, 0.1) is 6.92 Å². The number of hydrogen-bond donors (Lipinski definition) is 0. The molecule has 1 aliphatic rings. The Morgan fingerprint density at radius 1 is 1.24 bits per heavy atom. The lowest BCUT2D eigenvalue weighted by Gasteiger charge is -2.34. The van der Waals surface area contributed by atoms with E-state index < -0.39 is 5.79 Å². The zero-order valence-electron chi connectivity index (χ0n) is 12.6. The molecule has 0 N–H and O–H groups in total. The first-order chi connectivity index (χ1) is 10.1. The largest absolute Gasteiger partial charge is 0.489 e. The number of aryl methyl sites for hydroxylation is 1. The van der Waals surface area contributed by atoms with E-state index in [4.69, 9.17) is 14.2 Å². The number of pyridine rings is 1. The van der Waals surface area contributed by atoms with Crippen LogP contribution in [-0.2, 0) is 18.0 Å². The number of hydrogen-bond acceptors (Lipinski definition) is 4. The Bertz CT molecular complexity index is 638. The molecule has 0 aliphatic carbocycles. The van der Waals surface area contributed by atoms with Gasteiger partial charge in [-0.3, -0.25) is 4.98 Å². The van der Waals surface area contributed by atoms with Crippen LogP contribution in [0.1, 0.15) is 30.7 Å². The molecule has 2 aromatic rings. The smallest absolute Gasteiger partial charge is 0.205 e. The van der Waals surface area contributed by atoms with Gasteiger partial charge in [-0.1, -0.05) is 18.2 Å². The number of ether oxygens (including phenoxy) is 3. The maximum absolute atomic E-state index is 5.90. The highest BCUT2D eigenvalue weighted by Crippen LogP contribution is 2.35. The van der Waals surface area contributed by atoms with Gasteiger partial charge in [0.25, 0.3) is 0 Å². The van der Waals surface area contributed by atoms with E-state index in [1.165, 1.54) is 0 Å². The second-order valence-electron chi connectivity index (χ2n) is 5.57. The Labute approximate surface area is 124 Å². The maximum Gasteiger partial charge on any atom is 0.205 e. The number of nitrogens with zero attached hydrogens (tertiary/aromatic N) is 1. The molecule has 0 saturated carbocycles. The fourth-order valence-electron chi connectivity index (χ4n) is 2.29. The molecule has 4 nitrogen and oxygen atoms in total. The summed E-state index contributed by atoms with van der Waals surface area (Å²) in [6, 6.07) is 9.74. The summed E-state index contributed by atoms with van der Waals surface area (Å²) in [5, 5.41) is 0. The van der Waals surface area contributed by atoms with Crippen LogP contribution in [0.15, 0.2) is 36.5 Å². The van der Waals surface area contributed by atoms with Gasteiger partial charge in [-0.25, -0.2) is 0 Å². The number of aromatic nitrogens is 1. The topological polar surface area (TPSA) is 40.6 Å². The van der Waals surface area contributed by atoms with Crippen LogP contribution in [0.5, 0.6) is 11.5 Å². The van der Waals surface area contributed by atoms with Gasteiger partial charge in [0.1, 0.15) is 18.1 Å². The second-order valence-corrected chi connectivity index (χ2v) is 5.57. The van der Waals surface area contributed by atoms with Gasteiger partial charge in [-0.05, 0) is 19.1 Å². The average Bonchev–Trinajstić information content (AvgIpc) is 2.47. The summed E-state index contributed by atoms with van der Waals surface area (Å²) in [5.41, 5.74) is 2.90. The third-order valence-corrected chi connectivity index (χ3v) is 3.45. The number of fused-ring (bicyclic) bond motifs is 1. The molecule has 21 heavy (non-hydrogen) atoms. The van der Waals surface area contributed by atoms with Gasteiger partial charge in [0.2, 0.25) is 5.79 Å². The standard InChI is InChI=1S/C17H19NO3/c1-12-16-15(11-20-17(2,3)21-16)13(9-18-12)10-19-14-7-5-4-6-8-14/h4-9H,10-11H2,1-3H3. The van der Waals surface area contributed by atoms with Crippen LogP contribution in [-0.4, -0.2) is 10.8 Å². The highest BCUT2D eigenvalue weighted by molar-refractivity contribution is 5.42. The predicted octanol–water partition coefficient (Wildman–Crippen LogP) is 3.61. The van der Waals surface area contributed by atoms with Crippen LogP contribution in [0.4, 0.5) is 0 Å². The minimum Gasteiger partial charge on any atom is -0.489 e. The number of para-hydroxylation sites is 1. The lowest BCUT2D eigenvalue weighted by Crippen LogP contribution is -2.36. The van der Waals surface area contributed by atoms with Crippen LogP contribution in [0.25, 0.3) is 0 Å². The molecule has 0 radical (unpaired) electrons. The molecule has 2 heterocycles. The molecule has 110 valence electrons. The van der Waals surface area contributed by atoms with Crippen molar-refractivity contribution in [2.45, 2.75) is 39.8 Å². The average molecular weight is 285 g/mol. The summed E-state index contributed by atoms with van der Waals surface area (Å²) < 4.78 is 17.4. The molecule has 0 bridgehead atoms. The van der Waals surface area contributed by atoms with E-state index in [0.29, 0.717) is 13.2 Å². The molecule has 1 aromatic carbocycles. The van der Waals surface area contributed by atoms with Gasteiger partial charge in [0.15, 0.2) is 0 Å². The molecule has 4 heteroatoms. The Hall–Kier alpha value is -2.07. The molecule has 0 saturated heterocycles. The third-order valence-electron chi connectivity index (χ3n) is 3.45.